The zero-order valence-electron chi connectivity index (χ0n) is 10.7. The lowest BCUT2D eigenvalue weighted by Crippen LogP contribution is -1.76. The quantitative estimate of drug-likeness (QED) is 0.694. The van der Waals surface area contributed by atoms with Crippen molar-refractivity contribution in [3.63, 3.8) is 0 Å². The minimum Gasteiger partial charge on any atom is -0.415 e. The molecule has 0 atom stereocenters. The molecule has 0 aliphatic carbocycles. The zero-order valence-corrected chi connectivity index (χ0v) is 12.3. The van der Waals surface area contributed by atoms with Gasteiger partial charge >= 0.3 is 0 Å². The van der Waals surface area contributed by atoms with E-state index < -0.39 is 0 Å². The second-order valence-corrected chi connectivity index (χ2v) is 5.95. The summed E-state index contributed by atoms with van der Waals surface area (Å²) in [4.78, 5) is 2.29. The van der Waals surface area contributed by atoms with E-state index in [1.165, 1.54) is 4.88 Å². The van der Waals surface area contributed by atoms with Crippen molar-refractivity contribution in [1.82, 2.24) is 10.2 Å². The summed E-state index contributed by atoms with van der Waals surface area (Å²) < 4.78 is 5.59. The largest absolute Gasteiger partial charge is 0.415 e. The summed E-state index contributed by atoms with van der Waals surface area (Å²) in [5, 5.41) is 8.44. The Morgan fingerprint density at radius 2 is 1.95 bits per heavy atom. The third-order valence-electron chi connectivity index (χ3n) is 2.68. The van der Waals surface area contributed by atoms with Crippen LogP contribution in [0.2, 0.25) is 0 Å². The zero-order chi connectivity index (χ0) is 13.9. The first-order valence-corrected chi connectivity index (χ1v) is 7.25. The smallest absolute Gasteiger partial charge is 0.259 e. The van der Waals surface area contributed by atoms with Crippen molar-refractivity contribution in [3.8, 4) is 11.5 Å². The number of rotatable bonds is 3. The van der Waals surface area contributed by atoms with Gasteiger partial charge in [0.15, 0.2) is 0 Å². The maximum atomic E-state index is 6.22. The van der Waals surface area contributed by atoms with Crippen molar-refractivity contribution in [2.24, 2.45) is 0 Å². The van der Waals surface area contributed by atoms with E-state index in [0.717, 1.165) is 10.4 Å². The van der Waals surface area contributed by atoms with Crippen LogP contribution in [0, 0.1) is 6.92 Å². The summed E-state index contributed by atoms with van der Waals surface area (Å²) in [5.74, 6) is 0.797. The van der Waals surface area contributed by atoms with Crippen LogP contribution >= 0.6 is 22.9 Å². The van der Waals surface area contributed by atoms with Crippen LogP contribution in [0.5, 0.6) is 0 Å². The summed E-state index contributed by atoms with van der Waals surface area (Å²) in [6.45, 7) is 2.05. The monoisotopic (exact) mass is 302 g/mol. The summed E-state index contributed by atoms with van der Waals surface area (Å²) in [5.41, 5.74) is 0.877. The molecule has 2 aromatic heterocycles. The van der Waals surface area contributed by atoms with E-state index in [0.29, 0.717) is 16.8 Å². The highest BCUT2D eigenvalue weighted by Crippen LogP contribution is 2.27. The van der Waals surface area contributed by atoms with Gasteiger partial charge in [-0.15, -0.1) is 21.5 Å². The van der Waals surface area contributed by atoms with Crippen LogP contribution in [-0.4, -0.2) is 10.2 Å². The van der Waals surface area contributed by atoms with Gasteiger partial charge < -0.3 is 4.42 Å². The number of aromatic nitrogens is 2. The highest BCUT2D eigenvalue weighted by atomic mass is 35.5. The Morgan fingerprint density at radius 3 is 2.65 bits per heavy atom. The first kappa shape index (κ1) is 13.1. The van der Waals surface area contributed by atoms with Gasteiger partial charge in [0, 0.05) is 15.3 Å². The van der Waals surface area contributed by atoms with E-state index in [1.807, 2.05) is 48.5 Å². The van der Waals surface area contributed by atoms with E-state index in [2.05, 4.69) is 17.1 Å². The molecule has 2 heterocycles. The molecule has 1 aromatic carbocycles. The van der Waals surface area contributed by atoms with E-state index in [9.17, 15) is 0 Å². The van der Waals surface area contributed by atoms with Crippen LogP contribution in [0.25, 0.3) is 22.6 Å². The number of benzene rings is 1. The van der Waals surface area contributed by atoms with Crippen molar-refractivity contribution in [2.45, 2.75) is 6.92 Å². The topological polar surface area (TPSA) is 38.9 Å². The van der Waals surface area contributed by atoms with Gasteiger partial charge in [-0.25, -0.2) is 0 Å². The van der Waals surface area contributed by atoms with E-state index >= 15 is 0 Å². The van der Waals surface area contributed by atoms with Crippen molar-refractivity contribution >= 4 is 34.0 Å². The fraction of sp³-hybridized carbons (Fsp3) is 0.0667. The van der Waals surface area contributed by atoms with Crippen LogP contribution in [-0.2, 0) is 0 Å². The maximum Gasteiger partial charge on any atom is 0.259 e. The Kier molecular flexibility index (Phi) is 3.67. The normalized spacial score (nSPS) is 11.8. The Labute approximate surface area is 125 Å². The van der Waals surface area contributed by atoms with Crippen LogP contribution < -0.4 is 0 Å². The average Bonchev–Trinajstić information content (AvgIpc) is 3.09. The van der Waals surface area contributed by atoms with Gasteiger partial charge in [0.05, 0.1) is 0 Å². The molecule has 0 amide bonds. The summed E-state index contributed by atoms with van der Waals surface area (Å²) in [7, 11) is 0. The summed E-state index contributed by atoms with van der Waals surface area (Å²) >= 11 is 7.89. The molecule has 0 fully saturated rings. The molecule has 0 aliphatic rings. The Balaban J connectivity index is 1.88. The Bertz CT molecular complexity index is 746. The number of hydrogen-bond donors (Lipinski definition) is 0. The van der Waals surface area contributed by atoms with Gasteiger partial charge in [0.25, 0.3) is 5.89 Å². The van der Waals surface area contributed by atoms with Crippen molar-refractivity contribution in [2.75, 3.05) is 0 Å². The highest BCUT2D eigenvalue weighted by Gasteiger charge is 2.11. The first-order valence-electron chi connectivity index (χ1n) is 6.05. The molecule has 0 saturated heterocycles. The number of hydrogen-bond acceptors (Lipinski definition) is 4. The molecule has 3 rings (SSSR count). The first-order chi connectivity index (χ1) is 9.72. The van der Waals surface area contributed by atoms with Gasteiger partial charge in [0.1, 0.15) is 5.03 Å². The summed E-state index contributed by atoms with van der Waals surface area (Å²) in [6, 6.07) is 13.7. The lowest BCUT2D eigenvalue weighted by Gasteiger charge is -1.92. The van der Waals surface area contributed by atoms with E-state index in [4.69, 9.17) is 16.0 Å². The molecule has 0 radical (unpaired) electrons. The van der Waals surface area contributed by atoms with Crippen LogP contribution in [0.3, 0.4) is 0 Å². The lowest BCUT2D eigenvalue weighted by atomic mass is 10.2. The van der Waals surface area contributed by atoms with Crippen molar-refractivity contribution in [1.29, 1.82) is 0 Å². The standard InChI is InChI=1S/C15H11ClN2OS/c1-10-7-8-12(20-10)9-13(16)15-18-17-14(19-15)11-5-3-2-4-6-11/h2-9H,1H3/b13-9-. The SMILES string of the molecule is Cc1ccc(/C=C(\Cl)c2nnc(-c3ccccc3)o2)s1. The summed E-state index contributed by atoms with van der Waals surface area (Å²) in [6.07, 6.45) is 1.83. The number of nitrogens with zero attached hydrogens (tertiary/aromatic N) is 2. The minimum absolute atomic E-state index is 0.330. The molecule has 0 saturated carbocycles. The maximum absolute atomic E-state index is 6.22. The number of halogens is 1. The van der Waals surface area contributed by atoms with Crippen molar-refractivity contribution < 1.29 is 4.42 Å². The average molecular weight is 303 g/mol. The Hall–Kier alpha value is -1.91. The van der Waals surface area contributed by atoms with Gasteiger partial charge in [-0.05, 0) is 37.3 Å². The third kappa shape index (κ3) is 2.81. The fourth-order valence-electron chi connectivity index (χ4n) is 1.73. The third-order valence-corrected chi connectivity index (χ3v) is 3.90. The van der Waals surface area contributed by atoms with Crippen molar-refractivity contribution in [3.05, 3.63) is 58.1 Å². The molecule has 0 unspecified atom stereocenters. The molecule has 0 spiro atoms. The second-order valence-electron chi connectivity index (χ2n) is 4.22. The lowest BCUT2D eigenvalue weighted by molar-refractivity contribution is 0.556. The second kappa shape index (κ2) is 5.61. The van der Waals surface area contributed by atoms with E-state index in [1.54, 1.807) is 11.3 Å². The highest BCUT2D eigenvalue weighted by molar-refractivity contribution is 7.12. The van der Waals surface area contributed by atoms with E-state index in [-0.39, 0.29) is 0 Å². The molecule has 20 heavy (non-hydrogen) atoms. The predicted molar refractivity (Wildman–Crippen MR) is 82.5 cm³/mol. The molecule has 100 valence electrons. The minimum atomic E-state index is 0.330. The molecular formula is C15H11ClN2OS. The molecule has 0 N–H and O–H groups in total. The van der Waals surface area contributed by atoms with Gasteiger partial charge in [-0.1, -0.05) is 29.8 Å². The molecule has 3 aromatic rings. The van der Waals surface area contributed by atoms with Gasteiger partial charge in [-0.2, -0.15) is 0 Å². The van der Waals surface area contributed by atoms with Crippen LogP contribution in [0.1, 0.15) is 15.6 Å². The van der Waals surface area contributed by atoms with Gasteiger partial charge in [0.2, 0.25) is 5.89 Å². The molecule has 0 aliphatic heterocycles. The molecule has 0 bridgehead atoms. The Morgan fingerprint density at radius 1 is 1.15 bits per heavy atom. The number of aryl methyl sites for hydroxylation is 1. The molecule has 5 heteroatoms. The molecule has 3 nitrogen and oxygen atoms in total. The van der Waals surface area contributed by atoms with Crippen LogP contribution in [0.15, 0.2) is 46.9 Å². The predicted octanol–water partition coefficient (Wildman–Crippen LogP) is 4.84. The van der Waals surface area contributed by atoms with Crippen LogP contribution in [0.4, 0.5) is 0 Å². The molecular weight excluding hydrogens is 292 g/mol. The number of thiophene rings is 1. The van der Waals surface area contributed by atoms with Gasteiger partial charge in [-0.3, -0.25) is 0 Å². The fourth-order valence-corrected chi connectivity index (χ4v) is 2.81.